The number of likely N-dealkylation sites (tertiary alicyclic amines) is 1. The van der Waals surface area contributed by atoms with E-state index in [1.807, 2.05) is 29.2 Å². The van der Waals surface area contributed by atoms with Gasteiger partial charge >= 0.3 is 0 Å². The molecule has 0 saturated carbocycles. The van der Waals surface area contributed by atoms with Gasteiger partial charge in [-0.3, -0.25) is 4.79 Å². The summed E-state index contributed by atoms with van der Waals surface area (Å²) in [5, 5.41) is 0. The van der Waals surface area contributed by atoms with E-state index in [1.54, 1.807) is 0 Å². The lowest BCUT2D eigenvalue weighted by atomic mass is 9.79. The van der Waals surface area contributed by atoms with Gasteiger partial charge in [-0.1, -0.05) is 26.0 Å². The van der Waals surface area contributed by atoms with Crippen molar-refractivity contribution in [2.45, 2.75) is 39.7 Å². The molecule has 3 heteroatoms. The maximum absolute atomic E-state index is 12.5. The van der Waals surface area contributed by atoms with Crippen molar-refractivity contribution >= 4 is 5.91 Å². The van der Waals surface area contributed by atoms with Crippen LogP contribution in [-0.4, -0.2) is 23.9 Å². The van der Waals surface area contributed by atoms with Crippen LogP contribution in [0.2, 0.25) is 0 Å². The molecule has 1 aliphatic rings. The minimum Gasteiger partial charge on any atom is -0.338 e. The third-order valence-corrected chi connectivity index (χ3v) is 4.36. The summed E-state index contributed by atoms with van der Waals surface area (Å²) >= 11 is 0. The van der Waals surface area contributed by atoms with Gasteiger partial charge in [0.1, 0.15) is 0 Å². The molecule has 1 heterocycles. The first-order valence-corrected chi connectivity index (χ1v) is 7.16. The van der Waals surface area contributed by atoms with Crippen LogP contribution >= 0.6 is 0 Å². The molecule has 2 rings (SSSR count). The standard InChI is InChI=1S/C16H24N2O/c1-3-16(2)9-4-10-18(12-16)15(19)14-7-5-13(11-17)6-8-14/h5-8H,3-4,9-12,17H2,1-2H3. The van der Waals surface area contributed by atoms with E-state index in [9.17, 15) is 4.79 Å². The molecule has 1 aromatic carbocycles. The maximum Gasteiger partial charge on any atom is 0.253 e. The Morgan fingerprint density at radius 3 is 2.63 bits per heavy atom. The predicted molar refractivity (Wildman–Crippen MR) is 77.9 cm³/mol. The first kappa shape index (κ1) is 14.1. The topological polar surface area (TPSA) is 46.3 Å². The lowest BCUT2D eigenvalue weighted by Crippen LogP contribution is -2.44. The predicted octanol–water partition coefficient (Wildman–Crippen LogP) is 2.80. The molecule has 1 aliphatic heterocycles. The Morgan fingerprint density at radius 1 is 1.37 bits per heavy atom. The number of amides is 1. The average molecular weight is 260 g/mol. The normalized spacial score (nSPS) is 23.4. The molecular weight excluding hydrogens is 236 g/mol. The summed E-state index contributed by atoms with van der Waals surface area (Å²) in [6.07, 6.45) is 3.46. The third-order valence-electron chi connectivity index (χ3n) is 4.36. The molecule has 104 valence electrons. The highest BCUT2D eigenvalue weighted by Crippen LogP contribution is 2.33. The first-order chi connectivity index (χ1) is 9.08. The Labute approximate surface area is 115 Å². The Balaban J connectivity index is 2.10. The number of hydrogen-bond acceptors (Lipinski definition) is 2. The minimum absolute atomic E-state index is 0.156. The summed E-state index contributed by atoms with van der Waals surface area (Å²) in [5.74, 6) is 0.156. The van der Waals surface area contributed by atoms with Crippen LogP contribution in [0.4, 0.5) is 0 Å². The van der Waals surface area contributed by atoms with Crippen molar-refractivity contribution in [2.24, 2.45) is 11.1 Å². The molecular formula is C16H24N2O. The highest BCUT2D eigenvalue weighted by Gasteiger charge is 2.31. The van der Waals surface area contributed by atoms with Crippen LogP contribution in [-0.2, 0) is 6.54 Å². The molecule has 1 amide bonds. The van der Waals surface area contributed by atoms with Gasteiger partial charge < -0.3 is 10.6 Å². The summed E-state index contributed by atoms with van der Waals surface area (Å²) in [5.41, 5.74) is 7.70. The second-order valence-electron chi connectivity index (χ2n) is 5.90. The minimum atomic E-state index is 0.156. The van der Waals surface area contributed by atoms with E-state index >= 15 is 0 Å². The van der Waals surface area contributed by atoms with Crippen LogP contribution in [0.1, 0.15) is 49.0 Å². The van der Waals surface area contributed by atoms with E-state index < -0.39 is 0 Å². The van der Waals surface area contributed by atoms with Crippen molar-refractivity contribution in [3.05, 3.63) is 35.4 Å². The van der Waals surface area contributed by atoms with Gasteiger partial charge in [-0.15, -0.1) is 0 Å². The summed E-state index contributed by atoms with van der Waals surface area (Å²) in [6, 6.07) is 7.66. The van der Waals surface area contributed by atoms with Gasteiger partial charge in [0.15, 0.2) is 0 Å². The van der Waals surface area contributed by atoms with Crippen LogP contribution in [0.25, 0.3) is 0 Å². The van der Waals surface area contributed by atoms with E-state index in [-0.39, 0.29) is 11.3 Å². The van der Waals surface area contributed by atoms with E-state index in [1.165, 1.54) is 6.42 Å². The molecule has 1 unspecified atom stereocenters. The Bertz CT molecular complexity index is 441. The zero-order valence-corrected chi connectivity index (χ0v) is 12.0. The summed E-state index contributed by atoms with van der Waals surface area (Å²) < 4.78 is 0. The van der Waals surface area contributed by atoms with Gasteiger partial charge in [0.2, 0.25) is 0 Å². The fraction of sp³-hybridized carbons (Fsp3) is 0.562. The smallest absolute Gasteiger partial charge is 0.253 e. The molecule has 2 N–H and O–H groups in total. The quantitative estimate of drug-likeness (QED) is 0.908. The second kappa shape index (κ2) is 5.74. The zero-order valence-electron chi connectivity index (χ0n) is 12.0. The SMILES string of the molecule is CCC1(C)CCCN(C(=O)c2ccc(CN)cc2)C1. The van der Waals surface area contributed by atoms with Crippen LogP contribution < -0.4 is 5.73 Å². The zero-order chi connectivity index (χ0) is 13.9. The van der Waals surface area contributed by atoms with Crippen LogP contribution in [0.15, 0.2) is 24.3 Å². The van der Waals surface area contributed by atoms with Crippen LogP contribution in [0.3, 0.4) is 0 Å². The number of rotatable bonds is 3. The van der Waals surface area contributed by atoms with Gasteiger partial charge in [-0.25, -0.2) is 0 Å². The van der Waals surface area contributed by atoms with Gasteiger partial charge in [0, 0.05) is 25.2 Å². The van der Waals surface area contributed by atoms with E-state index in [0.717, 1.165) is 37.1 Å². The van der Waals surface area contributed by atoms with Crippen molar-refractivity contribution < 1.29 is 4.79 Å². The molecule has 3 nitrogen and oxygen atoms in total. The lowest BCUT2D eigenvalue weighted by molar-refractivity contribution is 0.0543. The fourth-order valence-corrected chi connectivity index (χ4v) is 2.74. The summed E-state index contributed by atoms with van der Waals surface area (Å²) in [4.78, 5) is 14.5. The molecule has 1 fully saturated rings. The molecule has 1 saturated heterocycles. The molecule has 0 aromatic heterocycles. The largest absolute Gasteiger partial charge is 0.338 e. The molecule has 0 spiro atoms. The lowest BCUT2D eigenvalue weighted by Gasteiger charge is -2.40. The average Bonchev–Trinajstić information content (AvgIpc) is 2.46. The summed E-state index contributed by atoms with van der Waals surface area (Å²) in [7, 11) is 0. The maximum atomic E-state index is 12.5. The number of carbonyl (C=O) groups is 1. The van der Waals surface area contributed by atoms with Crippen molar-refractivity contribution in [1.82, 2.24) is 4.90 Å². The summed E-state index contributed by atoms with van der Waals surface area (Å²) in [6.45, 7) is 6.77. The highest BCUT2D eigenvalue weighted by molar-refractivity contribution is 5.94. The first-order valence-electron chi connectivity index (χ1n) is 7.16. The van der Waals surface area contributed by atoms with Gasteiger partial charge in [-0.05, 0) is 42.4 Å². The number of hydrogen-bond donors (Lipinski definition) is 1. The molecule has 0 bridgehead atoms. The Hall–Kier alpha value is -1.35. The number of nitrogens with two attached hydrogens (primary N) is 1. The Kier molecular flexibility index (Phi) is 4.25. The van der Waals surface area contributed by atoms with Crippen LogP contribution in [0.5, 0.6) is 0 Å². The number of carbonyl (C=O) groups excluding carboxylic acids is 1. The van der Waals surface area contributed by atoms with E-state index in [2.05, 4.69) is 13.8 Å². The number of piperidine rings is 1. The van der Waals surface area contributed by atoms with Crippen molar-refractivity contribution in [2.75, 3.05) is 13.1 Å². The highest BCUT2D eigenvalue weighted by atomic mass is 16.2. The number of benzene rings is 1. The van der Waals surface area contributed by atoms with E-state index in [4.69, 9.17) is 5.73 Å². The molecule has 1 atom stereocenters. The van der Waals surface area contributed by atoms with Crippen molar-refractivity contribution in [3.63, 3.8) is 0 Å². The van der Waals surface area contributed by atoms with Crippen LogP contribution in [0, 0.1) is 5.41 Å². The fourth-order valence-electron chi connectivity index (χ4n) is 2.74. The monoisotopic (exact) mass is 260 g/mol. The molecule has 19 heavy (non-hydrogen) atoms. The molecule has 0 radical (unpaired) electrons. The molecule has 1 aromatic rings. The van der Waals surface area contributed by atoms with Crippen molar-refractivity contribution in [1.29, 1.82) is 0 Å². The van der Waals surface area contributed by atoms with Crippen molar-refractivity contribution in [3.8, 4) is 0 Å². The van der Waals surface area contributed by atoms with Gasteiger partial charge in [-0.2, -0.15) is 0 Å². The third kappa shape index (κ3) is 3.16. The Morgan fingerprint density at radius 2 is 2.05 bits per heavy atom. The second-order valence-corrected chi connectivity index (χ2v) is 5.90. The van der Waals surface area contributed by atoms with E-state index in [0.29, 0.717) is 6.54 Å². The van der Waals surface area contributed by atoms with Gasteiger partial charge in [0.05, 0.1) is 0 Å². The van der Waals surface area contributed by atoms with Gasteiger partial charge in [0.25, 0.3) is 5.91 Å². The number of nitrogens with zero attached hydrogens (tertiary/aromatic N) is 1. The molecule has 0 aliphatic carbocycles.